The average Bonchev–Trinajstić information content (AvgIpc) is 2.54. The minimum absolute atomic E-state index is 0.0827. The lowest BCUT2D eigenvalue weighted by Gasteiger charge is -2.42. The van der Waals surface area contributed by atoms with Crippen molar-refractivity contribution in [2.45, 2.75) is 39.7 Å². The van der Waals surface area contributed by atoms with E-state index in [1.165, 1.54) is 0 Å². The number of piperazine rings is 1. The number of rotatable bonds is 3. The number of carbonyl (C=O) groups is 2. The van der Waals surface area contributed by atoms with Gasteiger partial charge in [-0.25, -0.2) is 4.79 Å². The van der Waals surface area contributed by atoms with Gasteiger partial charge in [0.2, 0.25) is 5.91 Å². The molecule has 22 heavy (non-hydrogen) atoms. The van der Waals surface area contributed by atoms with Crippen LogP contribution in [0, 0.1) is 5.92 Å². The molecule has 2 saturated heterocycles. The Morgan fingerprint density at radius 3 is 2.09 bits per heavy atom. The van der Waals surface area contributed by atoms with E-state index in [0.717, 1.165) is 52.1 Å². The van der Waals surface area contributed by atoms with Crippen LogP contribution >= 0.6 is 0 Å². The summed E-state index contributed by atoms with van der Waals surface area (Å²) in [5.41, 5.74) is 0. The lowest BCUT2D eigenvalue weighted by Crippen LogP contribution is -2.55. The third-order valence-corrected chi connectivity index (χ3v) is 4.63. The summed E-state index contributed by atoms with van der Waals surface area (Å²) in [6, 6.07) is 0.530. The number of hydrogen-bond donors (Lipinski definition) is 0. The van der Waals surface area contributed by atoms with Crippen molar-refractivity contribution >= 4 is 12.0 Å². The normalized spacial score (nSPS) is 21.3. The van der Waals surface area contributed by atoms with E-state index in [1.54, 1.807) is 4.90 Å². The van der Waals surface area contributed by atoms with Crippen molar-refractivity contribution in [3.05, 3.63) is 0 Å². The van der Waals surface area contributed by atoms with E-state index in [-0.39, 0.29) is 17.9 Å². The van der Waals surface area contributed by atoms with Gasteiger partial charge < -0.3 is 14.5 Å². The van der Waals surface area contributed by atoms with Crippen LogP contribution < -0.4 is 0 Å². The van der Waals surface area contributed by atoms with Crippen LogP contribution in [-0.2, 0) is 9.53 Å². The molecule has 0 atom stereocenters. The van der Waals surface area contributed by atoms with Gasteiger partial charge >= 0.3 is 6.09 Å². The quantitative estimate of drug-likeness (QED) is 0.791. The van der Waals surface area contributed by atoms with Crippen molar-refractivity contribution in [1.82, 2.24) is 14.7 Å². The van der Waals surface area contributed by atoms with Crippen LogP contribution in [0.15, 0.2) is 0 Å². The molecular formula is C16H29N3O3. The molecule has 126 valence electrons. The van der Waals surface area contributed by atoms with Crippen LogP contribution in [0.3, 0.4) is 0 Å². The van der Waals surface area contributed by atoms with Crippen LogP contribution in [0.1, 0.15) is 33.6 Å². The molecule has 6 nitrogen and oxygen atoms in total. The van der Waals surface area contributed by atoms with Crippen LogP contribution in [0.4, 0.5) is 4.79 Å². The van der Waals surface area contributed by atoms with Gasteiger partial charge in [0.15, 0.2) is 0 Å². The third kappa shape index (κ3) is 4.12. The second-order valence-corrected chi connectivity index (χ2v) is 6.43. The standard InChI is InChI=1S/C16H29N3O3/c1-4-22-16(21)19-7-5-14(6-8-19)17-9-11-18(12-10-17)15(20)13(2)3/h13-14H,4-12H2,1-3H3. The molecule has 0 spiro atoms. The largest absolute Gasteiger partial charge is 0.450 e. The number of likely N-dealkylation sites (tertiary alicyclic amines) is 1. The Morgan fingerprint density at radius 2 is 1.59 bits per heavy atom. The third-order valence-electron chi connectivity index (χ3n) is 4.63. The smallest absolute Gasteiger partial charge is 0.409 e. The number of hydrogen-bond acceptors (Lipinski definition) is 4. The Hall–Kier alpha value is -1.30. The highest BCUT2D eigenvalue weighted by Crippen LogP contribution is 2.19. The number of nitrogens with zero attached hydrogens (tertiary/aromatic N) is 3. The summed E-state index contributed by atoms with van der Waals surface area (Å²) in [5, 5.41) is 0. The zero-order chi connectivity index (χ0) is 16.1. The second-order valence-electron chi connectivity index (χ2n) is 6.43. The molecule has 2 aliphatic heterocycles. The molecule has 2 fully saturated rings. The molecule has 0 aromatic heterocycles. The summed E-state index contributed by atoms with van der Waals surface area (Å²) in [6.07, 6.45) is 1.81. The van der Waals surface area contributed by atoms with Gasteiger partial charge in [0.1, 0.15) is 0 Å². The summed E-state index contributed by atoms with van der Waals surface area (Å²) in [5.74, 6) is 0.344. The van der Waals surface area contributed by atoms with Gasteiger partial charge in [-0.1, -0.05) is 13.8 Å². The first-order valence-corrected chi connectivity index (χ1v) is 8.47. The van der Waals surface area contributed by atoms with E-state index in [2.05, 4.69) is 4.90 Å². The predicted octanol–water partition coefficient (Wildman–Crippen LogP) is 1.41. The van der Waals surface area contributed by atoms with Crippen LogP contribution in [0.5, 0.6) is 0 Å². The Labute approximate surface area is 133 Å². The van der Waals surface area contributed by atoms with Gasteiger partial charge in [0.05, 0.1) is 6.61 Å². The monoisotopic (exact) mass is 311 g/mol. The number of ether oxygens (including phenoxy) is 1. The minimum Gasteiger partial charge on any atom is -0.450 e. The Morgan fingerprint density at radius 1 is 1.00 bits per heavy atom. The highest BCUT2D eigenvalue weighted by atomic mass is 16.6. The fourth-order valence-corrected chi connectivity index (χ4v) is 3.30. The van der Waals surface area contributed by atoms with Crippen molar-refractivity contribution < 1.29 is 14.3 Å². The van der Waals surface area contributed by atoms with Crippen molar-refractivity contribution in [3.63, 3.8) is 0 Å². The van der Waals surface area contributed by atoms with Crippen molar-refractivity contribution in [2.75, 3.05) is 45.9 Å². The second kappa shape index (κ2) is 7.81. The average molecular weight is 311 g/mol. The molecule has 0 N–H and O–H groups in total. The summed E-state index contributed by atoms with van der Waals surface area (Å²) in [7, 11) is 0. The van der Waals surface area contributed by atoms with Crippen LogP contribution in [-0.4, -0.2) is 78.6 Å². The zero-order valence-corrected chi connectivity index (χ0v) is 14.1. The van der Waals surface area contributed by atoms with E-state index >= 15 is 0 Å². The maximum Gasteiger partial charge on any atom is 0.409 e. The van der Waals surface area contributed by atoms with Gasteiger partial charge in [0, 0.05) is 51.2 Å². The van der Waals surface area contributed by atoms with Gasteiger partial charge in [-0.15, -0.1) is 0 Å². The molecule has 0 aliphatic carbocycles. The SMILES string of the molecule is CCOC(=O)N1CCC(N2CCN(C(=O)C(C)C)CC2)CC1. The molecule has 0 unspecified atom stereocenters. The molecule has 6 heteroatoms. The number of piperidine rings is 1. The summed E-state index contributed by atoms with van der Waals surface area (Å²) in [4.78, 5) is 30.0. The zero-order valence-electron chi connectivity index (χ0n) is 14.1. The molecule has 0 bridgehead atoms. The summed E-state index contributed by atoms with van der Waals surface area (Å²) in [6.45, 7) is 11.3. The minimum atomic E-state index is -0.187. The Balaban J connectivity index is 1.75. The molecule has 0 saturated carbocycles. The van der Waals surface area contributed by atoms with Crippen molar-refractivity contribution in [3.8, 4) is 0 Å². The summed E-state index contributed by atoms with van der Waals surface area (Å²) < 4.78 is 5.05. The van der Waals surface area contributed by atoms with Gasteiger partial charge in [-0.05, 0) is 19.8 Å². The highest BCUT2D eigenvalue weighted by Gasteiger charge is 2.30. The van der Waals surface area contributed by atoms with Crippen LogP contribution in [0.2, 0.25) is 0 Å². The first-order chi connectivity index (χ1) is 10.5. The molecule has 2 amide bonds. The Bertz CT molecular complexity index is 384. The maximum absolute atomic E-state index is 12.0. The number of carbonyl (C=O) groups excluding carboxylic acids is 2. The van der Waals surface area contributed by atoms with Crippen LogP contribution in [0.25, 0.3) is 0 Å². The van der Waals surface area contributed by atoms with E-state index < -0.39 is 0 Å². The number of amides is 2. The Kier molecular flexibility index (Phi) is 6.06. The fraction of sp³-hybridized carbons (Fsp3) is 0.875. The lowest BCUT2D eigenvalue weighted by atomic mass is 10.0. The molecule has 2 heterocycles. The first kappa shape index (κ1) is 17.1. The molecule has 0 aromatic rings. The van der Waals surface area contributed by atoms with E-state index in [1.807, 2.05) is 25.7 Å². The van der Waals surface area contributed by atoms with Gasteiger partial charge in [-0.2, -0.15) is 0 Å². The predicted molar refractivity (Wildman–Crippen MR) is 84.6 cm³/mol. The summed E-state index contributed by atoms with van der Waals surface area (Å²) >= 11 is 0. The molecular weight excluding hydrogens is 282 g/mol. The van der Waals surface area contributed by atoms with Gasteiger partial charge in [0.25, 0.3) is 0 Å². The molecule has 2 rings (SSSR count). The molecule has 2 aliphatic rings. The van der Waals surface area contributed by atoms with E-state index in [9.17, 15) is 9.59 Å². The highest BCUT2D eigenvalue weighted by molar-refractivity contribution is 5.78. The molecule has 0 radical (unpaired) electrons. The van der Waals surface area contributed by atoms with Crippen molar-refractivity contribution in [2.24, 2.45) is 5.92 Å². The maximum atomic E-state index is 12.0. The first-order valence-electron chi connectivity index (χ1n) is 8.47. The molecule has 0 aromatic carbocycles. The topological polar surface area (TPSA) is 53.1 Å². The van der Waals surface area contributed by atoms with E-state index in [4.69, 9.17) is 4.74 Å². The lowest BCUT2D eigenvalue weighted by molar-refractivity contribution is -0.136. The van der Waals surface area contributed by atoms with Gasteiger partial charge in [-0.3, -0.25) is 9.69 Å². The fourth-order valence-electron chi connectivity index (χ4n) is 3.30. The van der Waals surface area contributed by atoms with Crippen molar-refractivity contribution in [1.29, 1.82) is 0 Å². The van der Waals surface area contributed by atoms with E-state index in [0.29, 0.717) is 12.6 Å².